The van der Waals surface area contributed by atoms with E-state index in [1.165, 1.54) is 19.3 Å². The quantitative estimate of drug-likeness (QED) is 0.682. The van der Waals surface area contributed by atoms with Gasteiger partial charge in [-0.1, -0.05) is 6.42 Å². The number of rotatable bonds is 3. The standard InChI is InChI=1S/C10H19NO3S/c1-15(12,13)14-10-5-7-11(8-6-10)9-3-2-4-9/h9-10H,2-8H2,1H3. The van der Waals surface area contributed by atoms with Crippen LogP contribution < -0.4 is 0 Å². The van der Waals surface area contributed by atoms with Crippen molar-refractivity contribution in [3.8, 4) is 0 Å². The lowest BCUT2D eigenvalue weighted by Gasteiger charge is -2.41. The van der Waals surface area contributed by atoms with Gasteiger partial charge in [0.2, 0.25) is 0 Å². The highest BCUT2D eigenvalue weighted by atomic mass is 32.2. The first-order valence-corrected chi connectivity index (χ1v) is 7.48. The zero-order valence-corrected chi connectivity index (χ0v) is 10.0. The lowest BCUT2D eigenvalue weighted by molar-refractivity contribution is 0.0524. The van der Waals surface area contributed by atoms with E-state index in [9.17, 15) is 8.42 Å². The van der Waals surface area contributed by atoms with Crippen molar-refractivity contribution in [3.63, 3.8) is 0 Å². The third-order valence-electron chi connectivity index (χ3n) is 3.38. The molecule has 5 heteroatoms. The minimum Gasteiger partial charge on any atom is -0.300 e. The van der Waals surface area contributed by atoms with Crippen molar-refractivity contribution in [2.24, 2.45) is 0 Å². The molecule has 2 rings (SSSR count). The van der Waals surface area contributed by atoms with Crippen LogP contribution in [0.3, 0.4) is 0 Å². The summed E-state index contributed by atoms with van der Waals surface area (Å²) in [6.07, 6.45) is 6.73. The van der Waals surface area contributed by atoms with Crippen LogP contribution in [0.1, 0.15) is 32.1 Å². The van der Waals surface area contributed by atoms with E-state index in [0.29, 0.717) is 0 Å². The first kappa shape index (κ1) is 11.4. The van der Waals surface area contributed by atoms with Crippen molar-refractivity contribution in [1.29, 1.82) is 0 Å². The van der Waals surface area contributed by atoms with Crippen molar-refractivity contribution in [3.05, 3.63) is 0 Å². The van der Waals surface area contributed by atoms with Crippen LogP contribution in [0.5, 0.6) is 0 Å². The first-order valence-electron chi connectivity index (χ1n) is 5.67. The number of hydrogen-bond acceptors (Lipinski definition) is 4. The molecule has 0 aromatic heterocycles. The highest BCUT2D eigenvalue weighted by Crippen LogP contribution is 2.28. The molecule has 0 N–H and O–H groups in total. The molecule has 0 unspecified atom stereocenters. The molecule has 2 fully saturated rings. The van der Waals surface area contributed by atoms with Gasteiger partial charge in [-0.3, -0.25) is 4.18 Å². The predicted molar refractivity (Wildman–Crippen MR) is 58.2 cm³/mol. The average Bonchev–Trinajstić information content (AvgIpc) is 2.02. The number of piperidine rings is 1. The fraction of sp³-hybridized carbons (Fsp3) is 1.00. The Morgan fingerprint density at radius 1 is 1.13 bits per heavy atom. The largest absolute Gasteiger partial charge is 0.300 e. The minimum atomic E-state index is -3.27. The lowest BCUT2D eigenvalue weighted by atomic mass is 9.90. The van der Waals surface area contributed by atoms with E-state index in [4.69, 9.17) is 4.18 Å². The van der Waals surface area contributed by atoms with Crippen LogP contribution in [0, 0.1) is 0 Å². The van der Waals surface area contributed by atoms with Gasteiger partial charge in [-0.05, 0) is 25.7 Å². The maximum Gasteiger partial charge on any atom is 0.264 e. The summed E-state index contributed by atoms with van der Waals surface area (Å²) in [6.45, 7) is 1.98. The van der Waals surface area contributed by atoms with Gasteiger partial charge in [0.15, 0.2) is 0 Å². The Morgan fingerprint density at radius 3 is 2.13 bits per heavy atom. The van der Waals surface area contributed by atoms with E-state index in [2.05, 4.69) is 4.90 Å². The van der Waals surface area contributed by atoms with E-state index in [1.807, 2.05) is 0 Å². The van der Waals surface area contributed by atoms with Gasteiger partial charge in [-0.25, -0.2) is 0 Å². The first-order chi connectivity index (χ1) is 7.04. The van der Waals surface area contributed by atoms with E-state index in [0.717, 1.165) is 38.2 Å². The Balaban J connectivity index is 1.76. The third kappa shape index (κ3) is 3.16. The molecule has 15 heavy (non-hydrogen) atoms. The molecule has 2 aliphatic rings. The molecule has 1 saturated carbocycles. The fourth-order valence-electron chi connectivity index (χ4n) is 2.34. The van der Waals surface area contributed by atoms with Crippen LogP contribution in [-0.4, -0.2) is 44.8 Å². The Bertz CT molecular complexity index is 303. The van der Waals surface area contributed by atoms with Crippen LogP contribution in [0.15, 0.2) is 0 Å². The second-order valence-corrected chi connectivity index (χ2v) is 6.22. The molecule has 1 aliphatic carbocycles. The van der Waals surface area contributed by atoms with Crippen LogP contribution >= 0.6 is 0 Å². The highest BCUT2D eigenvalue weighted by molar-refractivity contribution is 7.86. The van der Waals surface area contributed by atoms with Gasteiger partial charge < -0.3 is 4.90 Å². The molecule has 88 valence electrons. The number of nitrogens with zero attached hydrogens (tertiary/aromatic N) is 1. The summed E-state index contributed by atoms with van der Waals surface area (Å²) in [4.78, 5) is 2.48. The molecule has 0 aromatic carbocycles. The van der Waals surface area contributed by atoms with E-state index in [-0.39, 0.29) is 6.10 Å². The summed E-state index contributed by atoms with van der Waals surface area (Å²) >= 11 is 0. The maximum atomic E-state index is 10.9. The van der Waals surface area contributed by atoms with Crippen molar-refractivity contribution in [2.75, 3.05) is 19.3 Å². The van der Waals surface area contributed by atoms with Gasteiger partial charge in [0.05, 0.1) is 12.4 Å². The van der Waals surface area contributed by atoms with Gasteiger partial charge in [0.1, 0.15) is 0 Å². The van der Waals surface area contributed by atoms with Crippen molar-refractivity contribution < 1.29 is 12.6 Å². The summed E-state index contributed by atoms with van der Waals surface area (Å²) < 4.78 is 26.9. The lowest BCUT2D eigenvalue weighted by Crippen LogP contribution is -2.46. The molecule has 0 amide bonds. The molecule has 1 aliphatic heterocycles. The third-order valence-corrected chi connectivity index (χ3v) is 4.00. The van der Waals surface area contributed by atoms with Gasteiger partial charge in [0.25, 0.3) is 10.1 Å². The van der Waals surface area contributed by atoms with Gasteiger partial charge in [0, 0.05) is 19.1 Å². The maximum absolute atomic E-state index is 10.9. The highest BCUT2D eigenvalue weighted by Gasteiger charge is 2.29. The van der Waals surface area contributed by atoms with Gasteiger partial charge in [-0.2, -0.15) is 8.42 Å². The summed E-state index contributed by atoms with van der Waals surface area (Å²) in [5, 5.41) is 0. The Morgan fingerprint density at radius 2 is 1.73 bits per heavy atom. The van der Waals surface area contributed by atoms with E-state index >= 15 is 0 Å². The van der Waals surface area contributed by atoms with Crippen molar-refractivity contribution in [2.45, 2.75) is 44.2 Å². The minimum absolute atomic E-state index is 0.0867. The molecular weight excluding hydrogens is 214 g/mol. The Hall–Kier alpha value is -0.130. The topological polar surface area (TPSA) is 46.6 Å². The second kappa shape index (κ2) is 4.39. The summed E-state index contributed by atoms with van der Waals surface area (Å²) in [5.41, 5.74) is 0. The van der Waals surface area contributed by atoms with Crippen LogP contribution in [0.25, 0.3) is 0 Å². The molecule has 1 heterocycles. The molecule has 0 radical (unpaired) electrons. The van der Waals surface area contributed by atoms with Gasteiger partial charge in [-0.15, -0.1) is 0 Å². The Kier molecular flexibility index (Phi) is 3.33. The molecule has 0 atom stereocenters. The fourth-order valence-corrected chi connectivity index (χ4v) is 3.02. The molecule has 4 nitrogen and oxygen atoms in total. The molecular formula is C10H19NO3S. The predicted octanol–water partition coefficient (Wildman–Crippen LogP) is 0.979. The zero-order chi connectivity index (χ0) is 10.9. The number of likely N-dealkylation sites (tertiary alicyclic amines) is 1. The average molecular weight is 233 g/mol. The van der Waals surface area contributed by atoms with Crippen LogP contribution in [-0.2, 0) is 14.3 Å². The van der Waals surface area contributed by atoms with Gasteiger partial charge >= 0.3 is 0 Å². The van der Waals surface area contributed by atoms with E-state index < -0.39 is 10.1 Å². The second-order valence-electron chi connectivity index (χ2n) is 4.62. The molecule has 0 spiro atoms. The van der Waals surface area contributed by atoms with E-state index in [1.54, 1.807) is 0 Å². The van der Waals surface area contributed by atoms with Crippen LogP contribution in [0.4, 0.5) is 0 Å². The molecule has 0 aromatic rings. The van der Waals surface area contributed by atoms with Crippen LogP contribution in [0.2, 0.25) is 0 Å². The number of hydrogen-bond donors (Lipinski definition) is 0. The smallest absolute Gasteiger partial charge is 0.264 e. The van der Waals surface area contributed by atoms with Crippen molar-refractivity contribution in [1.82, 2.24) is 4.90 Å². The summed E-state index contributed by atoms with van der Waals surface area (Å²) in [6, 6.07) is 0.768. The summed E-state index contributed by atoms with van der Waals surface area (Å²) in [7, 11) is -3.27. The molecule has 1 saturated heterocycles. The monoisotopic (exact) mass is 233 g/mol. The summed E-state index contributed by atoms with van der Waals surface area (Å²) in [5.74, 6) is 0. The van der Waals surface area contributed by atoms with Crippen molar-refractivity contribution >= 4 is 10.1 Å². The SMILES string of the molecule is CS(=O)(=O)OC1CCN(C2CCC2)CC1. The Labute approximate surface area is 91.7 Å². The zero-order valence-electron chi connectivity index (χ0n) is 9.18. The molecule has 0 bridgehead atoms. The normalized spacial score (nSPS) is 26.5.